The summed E-state index contributed by atoms with van der Waals surface area (Å²) in [5, 5.41) is 0. The first-order valence-electron chi connectivity index (χ1n) is 4.50. The molecule has 2 heteroatoms. The van der Waals surface area contributed by atoms with Crippen molar-refractivity contribution in [1.29, 1.82) is 0 Å². The maximum absolute atomic E-state index is 11.3. The summed E-state index contributed by atoms with van der Waals surface area (Å²) in [6, 6.07) is 0. The molecule has 0 aromatic rings. The van der Waals surface area contributed by atoms with Gasteiger partial charge >= 0.3 is 0 Å². The Morgan fingerprint density at radius 1 is 1.58 bits per heavy atom. The monoisotopic (exact) mass is 167 g/mol. The van der Waals surface area contributed by atoms with Crippen molar-refractivity contribution < 1.29 is 4.79 Å². The number of hydrogen-bond acceptors (Lipinski definition) is 2. The standard InChI is InChI=1S/C10H17NO/c1-10(2)5-3-9(12)8(7-10)4-6-11/h7H,3-6,11H2,1-2H3. The minimum absolute atomic E-state index is 0.193. The molecule has 0 aliphatic heterocycles. The van der Waals surface area contributed by atoms with Gasteiger partial charge in [0.2, 0.25) is 0 Å². The Hall–Kier alpha value is -0.630. The lowest BCUT2D eigenvalue weighted by atomic mass is 9.78. The Labute approximate surface area is 73.8 Å². The molecular weight excluding hydrogens is 150 g/mol. The Morgan fingerprint density at radius 3 is 2.83 bits per heavy atom. The lowest BCUT2D eigenvalue weighted by Crippen LogP contribution is -2.21. The second kappa shape index (κ2) is 3.40. The van der Waals surface area contributed by atoms with Gasteiger partial charge in [0.15, 0.2) is 5.78 Å². The molecule has 0 unspecified atom stereocenters. The summed E-state index contributed by atoms with van der Waals surface area (Å²) in [5.41, 5.74) is 6.55. The summed E-state index contributed by atoms with van der Waals surface area (Å²) in [7, 11) is 0. The van der Waals surface area contributed by atoms with E-state index in [4.69, 9.17) is 5.73 Å². The van der Waals surface area contributed by atoms with E-state index >= 15 is 0 Å². The highest BCUT2D eigenvalue weighted by atomic mass is 16.1. The highest BCUT2D eigenvalue weighted by Crippen LogP contribution is 2.32. The normalized spacial score (nSPS) is 22.2. The average molecular weight is 167 g/mol. The van der Waals surface area contributed by atoms with E-state index in [0.29, 0.717) is 18.7 Å². The molecule has 1 aliphatic carbocycles. The largest absolute Gasteiger partial charge is 0.330 e. The van der Waals surface area contributed by atoms with Crippen LogP contribution in [0.2, 0.25) is 0 Å². The van der Waals surface area contributed by atoms with Crippen LogP contribution in [0.4, 0.5) is 0 Å². The number of allylic oxidation sites excluding steroid dienone is 1. The summed E-state index contributed by atoms with van der Waals surface area (Å²) in [6.07, 6.45) is 4.49. The molecule has 0 atom stereocenters. The molecule has 0 bridgehead atoms. The number of hydrogen-bond donors (Lipinski definition) is 1. The molecule has 0 saturated carbocycles. The van der Waals surface area contributed by atoms with Gasteiger partial charge in [-0.3, -0.25) is 4.79 Å². The number of carbonyl (C=O) groups excluding carboxylic acids is 1. The summed E-state index contributed by atoms with van der Waals surface area (Å²) in [5.74, 6) is 0.291. The van der Waals surface area contributed by atoms with E-state index in [0.717, 1.165) is 18.4 Å². The number of nitrogens with two attached hydrogens (primary N) is 1. The third kappa shape index (κ3) is 2.18. The molecule has 1 rings (SSSR count). The molecule has 0 heterocycles. The van der Waals surface area contributed by atoms with Gasteiger partial charge in [0, 0.05) is 6.42 Å². The number of ketones is 1. The van der Waals surface area contributed by atoms with Gasteiger partial charge in [-0.2, -0.15) is 0 Å². The molecule has 0 spiro atoms. The van der Waals surface area contributed by atoms with E-state index in [2.05, 4.69) is 19.9 Å². The summed E-state index contributed by atoms with van der Waals surface area (Å²) >= 11 is 0. The Balaban J connectivity index is 2.78. The third-order valence-electron chi connectivity index (χ3n) is 2.33. The van der Waals surface area contributed by atoms with Crippen LogP contribution in [0.3, 0.4) is 0 Å². The summed E-state index contributed by atoms with van der Waals surface area (Å²) in [6.45, 7) is 4.90. The van der Waals surface area contributed by atoms with E-state index in [1.807, 2.05) is 0 Å². The van der Waals surface area contributed by atoms with Gasteiger partial charge in [0.1, 0.15) is 0 Å². The quantitative estimate of drug-likeness (QED) is 0.679. The van der Waals surface area contributed by atoms with Crippen molar-refractivity contribution >= 4 is 5.78 Å². The fourth-order valence-electron chi connectivity index (χ4n) is 1.59. The van der Waals surface area contributed by atoms with Crippen molar-refractivity contribution in [2.45, 2.75) is 33.1 Å². The van der Waals surface area contributed by atoms with Crippen molar-refractivity contribution in [2.24, 2.45) is 11.1 Å². The Kier molecular flexibility index (Phi) is 2.68. The van der Waals surface area contributed by atoms with Crippen molar-refractivity contribution in [3.63, 3.8) is 0 Å². The summed E-state index contributed by atoms with van der Waals surface area (Å²) < 4.78 is 0. The third-order valence-corrected chi connectivity index (χ3v) is 2.33. The molecule has 1 aliphatic rings. The van der Waals surface area contributed by atoms with Crippen LogP contribution in [-0.2, 0) is 4.79 Å². The molecule has 2 N–H and O–H groups in total. The minimum Gasteiger partial charge on any atom is -0.330 e. The number of rotatable bonds is 2. The van der Waals surface area contributed by atoms with E-state index in [9.17, 15) is 4.79 Å². The average Bonchev–Trinajstić information content (AvgIpc) is 1.97. The van der Waals surface area contributed by atoms with Gasteiger partial charge in [-0.05, 0) is 30.4 Å². The maximum Gasteiger partial charge on any atom is 0.158 e. The molecule has 0 aromatic heterocycles. The van der Waals surface area contributed by atoms with E-state index in [1.165, 1.54) is 0 Å². The van der Waals surface area contributed by atoms with Crippen LogP contribution >= 0.6 is 0 Å². The highest BCUT2D eigenvalue weighted by molar-refractivity contribution is 5.96. The highest BCUT2D eigenvalue weighted by Gasteiger charge is 2.24. The zero-order valence-electron chi connectivity index (χ0n) is 7.89. The number of Topliss-reactive ketones (excluding diaryl/α,β-unsaturated/α-hetero) is 1. The Morgan fingerprint density at radius 2 is 2.25 bits per heavy atom. The smallest absolute Gasteiger partial charge is 0.158 e. The molecule has 0 fully saturated rings. The SMILES string of the molecule is CC1(C)C=C(CCN)C(=O)CC1. The molecule has 0 saturated heterocycles. The van der Waals surface area contributed by atoms with Crippen LogP contribution in [0.5, 0.6) is 0 Å². The first-order valence-corrected chi connectivity index (χ1v) is 4.50. The topological polar surface area (TPSA) is 43.1 Å². The Bertz CT molecular complexity index is 216. The number of carbonyl (C=O) groups is 1. The van der Waals surface area contributed by atoms with E-state index in [-0.39, 0.29) is 5.41 Å². The van der Waals surface area contributed by atoms with Crippen molar-refractivity contribution in [3.05, 3.63) is 11.6 Å². The van der Waals surface area contributed by atoms with Crippen LogP contribution < -0.4 is 5.73 Å². The van der Waals surface area contributed by atoms with E-state index in [1.54, 1.807) is 0 Å². The molecule has 68 valence electrons. The molecule has 12 heavy (non-hydrogen) atoms. The molecular formula is C10H17NO. The van der Waals surface area contributed by atoms with Gasteiger partial charge in [-0.15, -0.1) is 0 Å². The van der Waals surface area contributed by atoms with E-state index < -0.39 is 0 Å². The molecule has 2 nitrogen and oxygen atoms in total. The van der Waals surface area contributed by atoms with Crippen molar-refractivity contribution in [2.75, 3.05) is 6.54 Å². The summed E-state index contributed by atoms with van der Waals surface area (Å²) in [4.78, 5) is 11.3. The second-order valence-electron chi connectivity index (χ2n) is 4.12. The maximum atomic E-state index is 11.3. The minimum atomic E-state index is 0.193. The van der Waals surface area contributed by atoms with Crippen molar-refractivity contribution in [1.82, 2.24) is 0 Å². The first-order chi connectivity index (χ1) is 5.55. The molecule has 0 radical (unpaired) electrons. The fourth-order valence-corrected chi connectivity index (χ4v) is 1.59. The van der Waals surface area contributed by atoms with Gasteiger partial charge in [0.05, 0.1) is 0 Å². The predicted octanol–water partition coefficient (Wildman–Crippen LogP) is 1.65. The zero-order valence-corrected chi connectivity index (χ0v) is 7.89. The van der Waals surface area contributed by atoms with Crippen LogP contribution in [0.15, 0.2) is 11.6 Å². The van der Waals surface area contributed by atoms with Gasteiger partial charge in [-0.1, -0.05) is 19.9 Å². The second-order valence-corrected chi connectivity index (χ2v) is 4.12. The van der Waals surface area contributed by atoms with Crippen LogP contribution in [0.1, 0.15) is 33.1 Å². The predicted molar refractivity (Wildman–Crippen MR) is 49.8 cm³/mol. The lowest BCUT2D eigenvalue weighted by Gasteiger charge is -2.26. The van der Waals surface area contributed by atoms with Crippen molar-refractivity contribution in [3.8, 4) is 0 Å². The van der Waals surface area contributed by atoms with Gasteiger partial charge < -0.3 is 5.73 Å². The van der Waals surface area contributed by atoms with Crippen LogP contribution in [0, 0.1) is 5.41 Å². The van der Waals surface area contributed by atoms with Gasteiger partial charge in [0.25, 0.3) is 0 Å². The lowest BCUT2D eigenvalue weighted by molar-refractivity contribution is -0.116. The molecule has 0 aromatic carbocycles. The molecule has 0 amide bonds. The van der Waals surface area contributed by atoms with Crippen LogP contribution in [0.25, 0.3) is 0 Å². The zero-order chi connectivity index (χ0) is 9.19. The first kappa shape index (κ1) is 9.46. The fraction of sp³-hybridized carbons (Fsp3) is 0.700. The van der Waals surface area contributed by atoms with Gasteiger partial charge in [-0.25, -0.2) is 0 Å². The van der Waals surface area contributed by atoms with Crippen LogP contribution in [-0.4, -0.2) is 12.3 Å².